The Morgan fingerprint density at radius 1 is 1.14 bits per heavy atom. The number of benzene rings is 2. The van der Waals surface area contributed by atoms with Gasteiger partial charge in [-0.2, -0.15) is 0 Å². The van der Waals surface area contributed by atoms with Gasteiger partial charge in [-0.25, -0.2) is 0 Å². The van der Waals surface area contributed by atoms with Crippen molar-refractivity contribution in [3.63, 3.8) is 0 Å². The molecule has 2 aromatic rings. The van der Waals surface area contributed by atoms with Crippen LogP contribution in [0.2, 0.25) is 5.02 Å². The van der Waals surface area contributed by atoms with Gasteiger partial charge in [0.15, 0.2) is 12.6 Å². The van der Waals surface area contributed by atoms with Crippen LogP contribution >= 0.6 is 11.6 Å². The number of carbonyl (C=O) groups is 3. The van der Waals surface area contributed by atoms with Gasteiger partial charge in [0, 0.05) is 16.3 Å². The van der Waals surface area contributed by atoms with E-state index in [-0.39, 0.29) is 18.4 Å². The van der Waals surface area contributed by atoms with Crippen molar-refractivity contribution in [1.29, 1.82) is 0 Å². The first-order valence-corrected chi connectivity index (χ1v) is 9.25. The van der Waals surface area contributed by atoms with Gasteiger partial charge in [-0.3, -0.25) is 14.4 Å². The lowest BCUT2D eigenvalue weighted by Gasteiger charge is -2.21. The van der Waals surface area contributed by atoms with Crippen molar-refractivity contribution < 1.29 is 24.0 Å². The van der Waals surface area contributed by atoms with Crippen molar-refractivity contribution in [2.45, 2.75) is 13.0 Å². The van der Waals surface area contributed by atoms with E-state index < -0.39 is 11.9 Å². The highest BCUT2D eigenvalue weighted by Gasteiger charge is 2.24. The predicted octanol–water partition coefficient (Wildman–Crippen LogP) is 0.928. The van der Waals surface area contributed by atoms with Gasteiger partial charge in [0.05, 0.1) is 19.8 Å². The number of halogens is 1. The average Bonchev–Trinajstić information content (AvgIpc) is 2.67. The number of primary amides is 1. The van der Waals surface area contributed by atoms with Crippen LogP contribution in [0.15, 0.2) is 42.5 Å². The molecule has 1 unspecified atom stereocenters. The smallest absolute Gasteiger partial charge is 0.282 e. The summed E-state index contributed by atoms with van der Waals surface area (Å²) < 4.78 is 5.21. The Labute approximate surface area is 174 Å². The first kappa shape index (κ1) is 22.2. The minimum absolute atomic E-state index is 0.0604. The summed E-state index contributed by atoms with van der Waals surface area (Å²) in [4.78, 5) is 36.6. The van der Waals surface area contributed by atoms with Crippen molar-refractivity contribution in [3.05, 3.63) is 53.1 Å². The second-order valence-electron chi connectivity index (χ2n) is 6.57. The van der Waals surface area contributed by atoms with Crippen molar-refractivity contribution >= 4 is 40.7 Å². The Kier molecular flexibility index (Phi) is 7.58. The summed E-state index contributed by atoms with van der Waals surface area (Å²) in [6.45, 7) is 1.78. The Bertz CT molecular complexity index is 902. The lowest BCUT2D eigenvalue weighted by molar-refractivity contribution is -0.885. The number of nitrogens with one attached hydrogen (secondary N) is 3. The fraction of sp³-hybridized carbons (Fsp3) is 0.250. The molecule has 0 saturated carbocycles. The molecule has 2 atom stereocenters. The van der Waals surface area contributed by atoms with Crippen LogP contribution in [-0.2, 0) is 9.59 Å². The van der Waals surface area contributed by atoms with Crippen LogP contribution in [0.4, 0.5) is 11.4 Å². The number of rotatable bonds is 8. The highest BCUT2D eigenvalue weighted by atomic mass is 35.5. The van der Waals surface area contributed by atoms with E-state index in [4.69, 9.17) is 22.1 Å². The van der Waals surface area contributed by atoms with Gasteiger partial charge in [-0.05, 0) is 49.4 Å². The highest BCUT2D eigenvalue weighted by Crippen LogP contribution is 2.27. The zero-order chi connectivity index (χ0) is 21.6. The van der Waals surface area contributed by atoms with Crippen LogP contribution in [0.1, 0.15) is 17.3 Å². The van der Waals surface area contributed by atoms with E-state index in [0.29, 0.717) is 32.6 Å². The van der Waals surface area contributed by atoms with Crippen molar-refractivity contribution in [1.82, 2.24) is 0 Å². The molecular formula is C20H24ClN4O4+. The molecule has 0 spiro atoms. The number of hydrogen-bond acceptors (Lipinski definition) is 4. The number of quaternary nitrogens is 1. The van der Waals surface area contributed by atoms with Crippen LogP contribution in [0.3, 0.4) is 0 Å². The number of amides is 3. The van der Waals surface area contributed by atoms with E-state index in [1.165, 1.54) is 19.2 Å². The zero-order valence-electron chi connectivity index (χ0n) is 16.4. The lowest BCUT2D eigenvalue weighted by Crippen LogP contribution is -3.14. The highest BCUT2D eigenvalue weighted by molar-refractivity contribution is 6.31. The van der Waals surface area contributed by atoms with Crippen molar-refractivity contribution in [2.24, 2.45) is 5.73 Å². The molecular weight excluding hydrogens is 396 g/mol. The third kappa shape index (κ3) is 6.20. The van der Waals surface area contributed by atoms with E-state index in [2.05, 4.69) is 10.6 Å². The molecule has 9 heteroatoms. The fourth-order valence-corrected chi connectivity index (χ4v) is 2.74. The third-order valence-electron chi connectivity index (χ3n) is 4.44. The third-order valence-corrected chi connectivity index (χ3v) is 4.68. The van der Waals surface area contributed by atoms with Gasteiger partial charge < -0.3 is 26.0 Å². The monoisotopic (exact) mass is 419 g/mol. The van der Waals surface area contributed by atoms with Gasteiger partial charge >= 0.3 is 0 Å². The maximum Gasteiger partial charge on any atom is 0.282 e. The molecule has 0 aliphatic heterocycles. The molecule has 8 nitrogen and oxygen atoms in total. The number of anilines is 2. The second-order valence-corrected chi connectivity index (χ2v) is 7.00. The predicted molar refractivity (Wildman–Crippen MR) is 111 cm³/mol. The van der Waals surface area contributed by atoms with Crippen LogP contribution < -0.4 is 26.0 Å². The topological polar surface area (TPSA) is 115 Å². The summed E-state index contributed by atoms with van der Waals surface area (Å²) in [6, 6.07) is 10.7. The standard InChI is InChI=1S/C20H23ClN4O4/c1-12(20(28)23-15-7-4-13(5-8-15)19(22)27)25(2)11-18(26)24-16-10-14(21)6-9-17(16)29-3/h4-10,12H,11H2,1-3H3,(H2,22,27)(H,23,28)(H,24,26)/p+1/t12-/m0/s1. The number of methoxy groups -OCH3 is 1. The summed E-state index contributed by atoms with van der Waals surface area (Å²) in [5.74, 6) is -0.593. The van der Waals surface area contributed by atoms with E-state index in [9.17, 15) is 14.4 Å². The second kappa shape index (κ2) is 9.90. The summed E-state index contributed by atoms with van der Waals surface area (Å²) >= 11 is 5.97. The molecule has 0 aromatic heterocycles. The molecule has 5 N–H and O–H groups in total. The van der Waals surface area contributed by atoms with E-state index in [1.807, 2.05) is 0 Å². The molecule has 2 rings (SSSR count). The largest absolute Gasteiger partial charge is 0.495 e. The molecule has 0 bridgehead atoms. The van der Waals surface area contributed by atoms with E-state index in [1.54, 1.807) is 44.3 Å². The van der Waals surface area contributed by atoms with Gasteiger partial charge in [-0.15, -0.1) is 0 Å². The summed E-state index contributed by atoms with van der Waals surface area (Å²) in [5, 5.41) is 5.97. The average molecular weight is 420 g/mol. The number of hydrogen-bond donors (Lipinski definition) is 4. The number of nitrogens with two attached hydrogens (primary N) is 1. The quantitative estimate of drug-likeness (QED) is 0.509. The summed E-state index contributed by atoms with van der Waals surface area (Å²) in [6.07, 6.45) is 0. The first-order valence-electron chi connectivity index (χ1n) is 8.87. The lowest BCUT2D eigenvalue weighted by atomic mass is 10.2. The molecule has 0 fully saturated rings. The number of ether oxygens (including phenoxy) is 1. The van der Waals surface area contributed by atoms with Crippen LogP contribution in [0, 0.1) is 0 Å². The molecule has 0 aliphatic rings. The van der Waals surface area contributed by atoms with E-state index >= 15 is 0 Å². The van der Waals surface area contributed by atoms with Crippen LogP contribution in [-0.4, -0.2) is 44.5 Å². The molecule has 154 valence electrons. The number of carbonyl (C=O) groups excluding carboxylic acids is 3. The zero-order valence-corrected chi connectivity index (χ0v) is 17.2. The van der Waals surface area contributed by atoms with Crippen molar-refractivity contribution in [2.75, 3.05) is 31.3 Å². The minimum atomic E-state index is -0.539. The molecule has 29 heavy (non-hydrogen) atoms. The molecule has 0 heterocycles. The Hall–Kier alpha value is -3.10. The van der Waals surface area contributed by atoms with Crippen LogP contribution in [0.5, 0.6) is 5.75 Å². The maximum atomic E-state index is 12.5. The van der Waals surface area contributed by atoms with Gasteiger partial charge in [-0.1, -0.05) is 11.6 Å². The van der Waals surface area contributed by atoms with E-state index in [0.717, 1.165) is 0 Å². The molecule has 0 radical (unpaired) electrons. The molecule has 3 amide bonds. The molecule has 0 aliphatic carbocycles. The van der Waals surface area contributed by atoms with Crippen molar-refractivity contribution in [3.8, 4) is 5.75 Å². The molecule has 0 saturated heterocycles. The Balaban J connectivity index is 1.94. The van der Waals surface area contributed by atoms with Gasteiger partial charge in [0.2, 0.25) is 5.91 Å². The van der Waals surface area contributed by atoms with Gasteiger partial charge in [0.1, 0.15) is 5.75 Å². The number of likely N-dealkylation sites (N-methyl/N-ethyl adjacent to an activating group) is 1. The van der Waals surface area contributed by atoms with Crippen LogP contribution in [0.25, 0.3) is 0 Å². The summed E-state index contributed by atoms with van der Waals surface area (Å²) in [5.41, 5.74) is 6.55. The Morgan fingerprint density at radius 3 is 2.38 bits per heavy atom. The fourth-order valence-electron chi connectivity index (χ4n) is 2.57. The first-order chi connectivity index (χ1) is 13.7. The van der Waals surface area contributed by atoms with Gasteiger partial charge in [0.25, 0.3) is 11.8 Å². The summed E-state index contributed by atoms with van der Waals surface area (Å²) in [7, 11) is 3.24. The maximum absolute atomic E-state index is 12.5. The SMILES string of the molecule is COc1ccc(Cl)cc1NC(=O)C[NH+](C)[C@@H](C)C(=O)Nc1ccc(C(N)=O)cc1. The Morgan fingerprint density at radius 2 is 1.79 bits per heavy atom. The normalized spacial score (nSPS) is 12.6. The molecule has 2 aromatic carbocycles. The minimum Gasteiger partial charge on any atom is -0.495 e.